The molecule has 0 unspecified atom stereocenters. The van der Waals surface area contributed by atoms with Gasteiger partial charge in [-0.1, -0.05) is 258 Å². The number of rotatable bonds is 23. The lowest BCUT2D eigenvalue weighted by molar-refractivity contribution is 0.411. The normalized spacial score (nSPS) is 9.68. The number of methoxy groups -OCH3 is 15. The minimum atomic E-state index is -0.315. The summed E-state index contributed by atoms with van der Waals surface area (Å²) in [6, 6.07) is 115. The fourth-order valence-electron chi connectivity index (χ4n) is 13.5. The van der Waals surface area contributed by atoms with Gasteiger partial charge >= 0.3 is 0 Å². The van der Waals surface area contributed by atoms with Crippen LogP contribution in [0.25, 0.3) is 21.5 Å². The standard InChI is InChI=1S/C30H30O4.C23H24O3.2C12H12O2.3C8H10O.C7H8O.3C3H8.CH4S.2CH4/c1-31-25-13-5-21(6-14-25)29(22-7-15-26(32-2)16-8-22)30(23-9-17-27(33-3)18-10-23)24-11-19-28(34-4)20-12-24;1-23(17-5-11-20(24-2)12-6-17,18-7-13-21(25-3)14-8-18)19-9-15-22(26-4)16-10-19;2*1-13-11-5-3-9-4-6-12(14-2)8-10(9)7-11;3*1-7-5-3-4-6-8(7)9-2;1-8-7-5-3-2-4-6-7;3*1-3-2;1-2;;/h5-20,29-30H,1-4H3;5-16H,1-4H3;2*3-8H,1-2H3;3*3-6H,1-2H3;2-6H,1H3;3*3H2,1-2H3;2H,1H3;2*1H4. The van der Waals surface area contributed by atoms with Gasteiger partial charge in [0.05, 0.1) is 107 Å². The number of hydrogen-bond donors (Lipinski definition) is 1. The van der Waals surface area contributed by atoms with Gasteiger partial charge in [0, 0.05) is 17.3 Å². The topological polar surface area (TPSA) is 138 Å². The quantitative estimate of drug-likeness (QED) is 0.0480. The molecule has 0 amide bonds. The van der Waals surface area contributed by atoms with E-state index in [0.717, 1.165) is 97.0 Å². The smallest absolute Gasteiger partial charge is 0.121 e. The number of thiol groups is 1. The van der Waals surface area contributed by atoms with Crippen molar-refractivity contribution in [3.63, 3.8) is 0 Å². The van der Waals surface area contributed by atoms with Crippen LogP contribution in [0.3, 0.4) is 0 Å². The van der Waals surface area contributed by atoms with Crippen LogP contribution in [0.15, 0.2) is 346 Å². The van der Waals surface area contributed by atoms with Gasteiger partial charge in [0.1, 0.15) is 86.2 Å². The van der Waals surface area contributed by atoms with Crippen molar-refractivity contribution < 1.29 is 71.1 Å². The van der Waals surface area contributed by atoms with Crippen LogP contribution in [-0.2, 0) is 5.41 Å². The Morgan fingerprint density at radius 2 is 0.360 bits per heavy atom. The second kappa shape index (κ2) is 68.2. The van der Waals surface area contributed by atoms with Gasteiger partial charge < -0.3 is 71.1 Å². The summed E-state index contributed by atoms with van der Waals surface area (Å²) in [7, 11) is 25.2. The fourth-order valence-corrected chi connectivity index (χ4v) is 13.5. The van der Waals surface area contributed by atoms with Crippen molar-refractivity contribution in [2.24, 2.45) is 0 Å². The van der Waals surface area contributed by atoms with Crippen LogP contribution in [-0.4, -0.2) is 113 Å². The predicted octanol–water partition coefficient (Wildman–Crippen LogP) is 31.2. The van der Waals surface area contributed by atoms with Gasteiger partial charge in [0.25, 0.3) is 0 Å². The van der Waals surface area contributed by atoms with Crippen LogP contribution in [0, 0.1) is 20.8 Å². The van der Waals surface area contributed by atoms with Gasteiger partial charge in [-0.05, 0) is 275 Å². The average molecular weight is 1870 g/mol. The molecular formula is C120H152O15S. The maximum atomic E-state index is 5.42. The van der Waals surface area contributed by atoms with E-state index in [2.05, 4.69) is 146 Å². The molecule has 136 heavy (non-hydrogen) atoms. The zero-order valence-electron chi connectivity index (χ0n) is 83.8. The first-order valence-electron chi connectivity index (χ1n) is 44.7. The van der Waals surface area contributed by atoms with Crippen molar-refractivity contribution in [1.29, 1.82) is 0 Å². The molecule has 0 radical (unpaired) electrons. The summed E-state index contributed by atoms with van der Waals surface area (Å²) < 4.78 is 78.3. The SMILES string of the molecule is C.C.CCC.CCC.CCC.COc1ccc(C(C)(c2ccc(OC)cc2)c2ccc(OC)cc2)cc1.COc1ccc(C(c2ccc(OC)cc2)C(c2ccc(OC)cc2)c2ccc(OC)cc2)cc1.COc1ccc2ccc(OC)cc2c1.COc1ccc2ccc(OC)cc2c1.COc1ccccc1.COc1ccccc1C.COc1ccccc1C.COc1ccccc1C.CS. The molecule has 0 aliphatic rings. The minimum Gasteiger partial charge on any atom is -0.497 e. The zero-order valence-corrected chi connectivity index (χ0v) is 84.7. The first-order chi connectivity index (χ1) is 65.1. The lowest BCUT2D eigenvalue weighted by Gasteiger charge is -2.32. The summed E-state index contributed by atoms with van der Waals surface area (Å²) in [6.45, 7) is 21.1. The number of aryl methyl sites for hydroxylation is 3. The molecule has 16 heteroatoms. The molecule has 0 saturated carbocycles. The molecule has 0 spiro atoms. The van der Waals surface area contributed by atoms with Gasteiger partial charge in [-0.3, -0.25) is 0 Å². The van der Waals surface area contributed by atoms with Crippen LogP contribution < -0.4 is 71.1 Å². The fraction of sp³-hybridized carbons (Fsp3) is 0.283. The summed E-state index contributed by atoms with van der Waals surface area (Å²) >= 11 is 3.53. The lowest BCUT2D eigenvalue weighted by Crippen LogP contribution is -2.25. The summed E-state index contributed by atoms with van der Waals surface area (Å²) in [5.74, 6) is 13.2. The first-order valence-corrected chi connectivity index (χ1v) is 45.6. The molecule has 728 valence electrons. The van der Waals surface area contributed by atoms with Gasteiger partial charge in [-0.2, -0.15) is 12.6 Å². The molecular weight excluding hydrogens is 1710 g/mol. The number of hydrogen-bond acceptors (Lipinski definition) is 16. The molecule has 0 saturated heterocycles. The molecule has 0 N–H and O–H groups in total. The van der Waals surface area contributed by atoms with E-state index in [1.54, 1.807) is 113 Å². The van der Waals surface area contributed by atoms with Crippen LogP contribution in [0.2, 0.25) is 0 Å². The number of para-hydroxylation sites is 4. The van der Waals surface area contributed by atoms with Crippen LogP contribution in [0.4, 0.5) is 0 Å². The molecule has 15 rings (SSSR count). The number of ether oxygens (including phenoxy) is 15. The van der Waals surface area contributed by atoms with E-state index < -0.39 is 0 Å². The molecule has 0 aliphatic heterocycles. The predicted molar refractivity (Wildman–Crippen MR) is 577 cm³/mol. The summed E-state index contributed by atoms with van der Waals surface area (Å²) in [5.41, 5.74) is 11.6. The van der Waals surface area contributed by atoms with E-state index in [1.165, 1.54) is 85.7 Å². The van der Waals surface area contributed by atoms with Crippen molar-refractivity contribution in [3.8, 4) is 86.2 Å². The Morgan fingerprint density at radius 3 is 0.522 bits per heavy atom. The molecule has 0 heterocycles. The third-order valence-electron chi connectivity index (χ3n) is 20.7. The van der Waals surface area contributed by atoms with Gasteiger partial charge in [0.2, 0.25) is 0 Å². The molecule has 0 atom stereocenters. The highest BCUT2D eigenvalue weighted by molar-refractivity contribution is 7.79. The lowest BCUT2D eigenvalue weighted by atomic mass is 9.71. The third kappa shape index (κ3) is 39.0. The second-order valence-electron chi connectivity index (χ2n) is 30.1. The zero-order chi connectivity index (χ0) is 98.4. The molecule has 0 bridgehead atoms. The summed E-state index contributed by atoms with van der Waals surface area (Å²) in [4.78, 5) is 0. The molecule has 0 fully saturated rings. The second-order valence-corrected chi connectivity index (χ2v) is 30.1. The van der Waals surface area contributed by atoms with E-state index in [1.807, 2.05) is 282 Å². The van der Waals surface area contributed by atoms with Gasteiger partial charge in [-0.15, -0.1) is 0 Å². The van der Waals surface area contributed by atoms with Crippen molar-refractivity contribution >= 4 is 34.2 Å². The maximum Gasteiger partial charge on any atom is 0.121 e. The minimum absolute atomic E-state index is 0. The van der Waals surface area contributed by atoms with E-state index in [9.17, 15) is 0 Å². The Bertz CT molecular complexity index is 5020. The highest BCUT2D eigenvalue weighted by Gasteiger charge is 2.32. The average Bonchev–Trinajstić information content (AvgIpc) is 0.771. The maximum absolute atomic E-state index is 5.42. The molecule has 0 aliphatic carbocycles. The molecule has 15 aromatic rings. The first kappa shape index (κ1) is 118. The Hall–Kier alpha value is -13.8. The Balaban J connectivity index is 0.000000544. The van der Waals surface area contributed by atoms with Crippen molar-refractivity contribution in [3.05, 3.63) is 401 Å². The Kier molecular flexibility index (Phi) is 59.3. The third-order valence-corrected chi connectivity index (χ3v) is 20.7. The van der Waals surface area contributed by atoms with Crippen LogP contribution >= 0.6 is 12.6 Å². The van der Waals surface area contributed by atoms with Crippen LogP contribution in [0.5, 0.6) is 86.2 Å². The monoisotopic (exact) mass is 1870 g/mol. The molecule has 15 nitrogen and oxygen atoms in total. The highest BCUT2D eigenvalue weighted by Crippen LogP contribution is 2.46. The van der Waals surface area contributed by atoms with E-state index >= 15 is 0 Å². The Morgan fingerprint density at radius 1 is 0.199 bits per heavy atom. The van der Waals surface area contributed by atoms with Crippen molar-refractivity contribution in [1.82, 2.24) is 0 Å². The molecule has 15 aromatic carbocycles. The number of fused-ring (bicyclic) bond motifs is 2. The van der Waals surface area contributed by atoms with Gasteiger partial charge in [0.15, 0.2) is 0 Å². The molecule has 0 aromatic heterocycles. The Labute approximate surface area is 821 Å². The van der Waals surface area contributed by atoms with Crippen molar-refractivity contribution in [2.45, 2.75) is 121 Å². The van der Waals surface area contributed by atoms with Crippen LogP contribution in [0.1, 0.15) is 150 Å². The highest BCUT2D eigenvalue weighted by atomic mass is 32.1. The van der Waals surface area contributed by atoms with E-state index in [0.29, 0.717) is 0 Å². The largest absolute Gasteiger partial charge is 0.497 e. The number of benzene rings is 15. The van der Waals surface area contributed by atoms with E-state index in [4.69, 9.17) is 71.1 Å². The summed E-state index contributed by atoms with van der Waals surface area (Å²) in [5, 5.41) is 4.63. The van der Waals surface area contributed by atoms with Crippen molar-refractivity contribution in [2.75, 3.05) is 113 Å². The van der Waals surface area contributed by atoms with Gasteiger partial charge in [-0.25, -0.2) is 0 Å². The summed E-state index contributed by atoms with van der Waals surface area (Å²) in [6.07, 6.45) is 5.44. The van der Waals surface area contributed by atoms with E-state index in [-0.39, 0.29) is 32.1 Å².